The number of halogens is 1. The summed E-state index contributed by atoms with van der Waals surface area (Å²) in [6.45, 7) is 6.49. The molecular weight excluding hydrogens is 350 g/mol. The summed E-state index contributed by atoms with van der Waals surface area (Å²) in [7, 11) is 0. The van der Waals surface area contributed by atoms with Gasteiger partial charge >= 0.3 is 5.69 Å². The second-order valence-electron chi connectivity index (χ2n) is 5.89. The molecule has 1 fully saturated rings. The highest BCUT2D eigenvalue weighted by atomic mass is 79.9. The number of nitrogens with zero attached hydrogens (tertiary/aromatic N) is 4. The van der Waals surface area contributed by atoms with Gasteiger partial charge in [0, 0.05) is 18.3 Å². The lowest BCUT2D eigenvalue weighted by atomic mass is 9.86. The first-order chi connectivity index (χ1) is 10.4. The Morgan fingerprint density at radius 3 is 2.73 bits per heavy atom. The lowest BCUT2D eigenvalue weighted by Gasteiger charge is -2.33. The number of anilines is 1. The molecule has 1 saturated heterocycles. The van der Waals surface area contributed by atoms with Crippen LogP contribution in [0.2, 0.25) is 0 Å². The number of imidazole rings is 1. The van der Waals surface area contributed by atoms with Crippen LogP contribution in [-0.2, 0) is 10.5 Å². The maximum Gasteiger partial charge on any atom is 0.357 e. The van der Waals surface area contributed by atoms with Crippen molar-refractivity contribution >= 4 is 27.7 Å². The second kappa shape index (κ2) is 5.34. The highest BCUT2D eigenvalue weighted by Gasteiger charge is 2.51. The van der Waals surface area contributed by atoms with E-state index in [1.54, 1.807) is 6.20 Å². The van der Waals surface area contributed by atoms with Crippen LogP contribution >= 0.6 is 15.9 Å². The maximum atomic E-state index is 12.0. The Balaban J connectivity index is 2.22. The minimum Gasteiger partial charge on any atom is -0.368 e. The molecule has 0 aromatic carbocycles. The molecule has 0 aliphatic carbocycles. The third-order valence-corrected chi connectivity index (χ3v) is 5.67. The zero-order valence-corrected chi connectivity index (χ0v) is 14.4. The van der Waals surface area contributed by atoms with Crippen molar-refractivity contribution in [3.63, 3.8) is 0 Å². The molecule has 4 atom stereocenters. The van der Waals surface area contributed by atoms with Crippen molar-refractivity contribution in [2.24, 2.45) is 11.8 Å². The van der Waals surface area contributed by atoms with E-state index in [1.807, 2.05) is 10.8 Å². The van der Waals surface area contributed by atoms with Gasteiger partial charge in [0.15, 0.2) is 5.72 Å². The average molecular weight is 370 g/mol. The van der Waals surface area contributed by atoms with E-state index in [0.717, 1.165) is 6.42 Å². The molecule has 0 bridgehead atoms. The van der Waals surface area contributed by atoms with Gasteiger partial charge in [0.05, 0.1) is 11.4 Å². The summed E-state index contributed by atoms with van der Waals surface area (Å²) in [6.07, 6.45) is 4.58. The first-order valence-corrected chi connectivity index (χ1v) is 8.54. The van der Waals surface area contributed by atoms with Crippen molar-refractivity contribution < 1.29 is 4.74 Å². The minimum absolute atomic E-state index is 0.0274. The summed E-state index contributed by atoms with van der Waals surface area (Å²) < 4.78 is 9.69. The van der Waals surface area contributed by atoms with Gasteiger partial charge in [0.25, 0.3) is 0 Å². The van der Waals surface area contributed by atoms with Crippen LogP contribution in [0.15, 0.2) is 17.2 Å². The molecule has 22 heavy (non-hydrogen) atoms. The highest BCUT2D eigenvalue weighted by molar-refractivity contribution is 9.09. The molecule has 0 radical (unpaired) electrons. The third kappa shape index (κ3) is 2.00. The van der Waals surface area contributed by atoms with Crippen molar-refractivity contribution in [2.45, 2.75) is 39.0 Å². The summed E-state index contributed by atoms with van der Waals surface area (Å²) in [6, 6.07) is 0. The Bertz CT molecular complexity index is 757. The number of alkyl halides is 1. The van der Waals surface area contributed by atoms with Gasteiger partial charge in [-0.3, -0.25) is 4.57 Å². The first-order valence-electron chi connectivity index (χ1n) is 7.42. The molecule has 120 valence electrons. The lowest BCUT2D eigenvalue weighted by Crippen LogP contribution is -2.41. The van der Waals surface area contributed by atoms with Gasteiger partial charge in [-0.25, -0.2) is 9.20 Å². The molecule has 7 nitrogen and oxygen atoms in total. The van der Waals surface area contributed by atoms with E-state index in [2.05, 4.69) is 46.7 Å². The Kier molecular flexibility index (Phi) is 3.76. The van der Waals surface area contributed by atoms with Gasteiger partial charge in [0.2, 0.25) is 11.7 Å². The Hall–Kier alpha value is -1.41. The standard InChI is InChI=1S/C14H20BrN5O2/c1-4-10-8(2)9(3)14(7-15,22-10)20-6-5-19-12(20)17-11(16)18-13(19)21/h5-6,8-10H,4,7H2,1-3H3,(H2,16,18,21). The van der Waals surface area contributed by atoms with Crippen molar-refractivity contribution in [1.82, 2.24) is 18.9 Å². The van der Waals surface area contributed by atoms with Gasteiger partial charge in [0.1, 0.15) is 0 Å². The molecule has 0 amide bonds. The van der Waals surface area contributed by atoms with Gasteiger partial charge < -0.3 is 10.5 Å². The Labute approximate surface area is 136 Å². The average Bonchev–Trinajstić information content (AvgIpc) is 3.01. The van der Waals surface area contributed by atoms with Crippen LogP contribution in [0.5, 0.6) is 0 Å². The largest absolute Gasteiger partial charge is 0.368 e. The molecule has 3 rings (SSSR count). The van der Waals surface area contributed by atoms with Crippen molar-refractivity contribution in [3.05, 3.63) is 22.9 Å². The van der Waals surface area contributed by atoms with E-state index in [1.165, 1.54) is 4.40 Å². The number of ether oxygens (including phenoxy) is 1. The van der Waals surface area contributed by atoms with Gasteiger partial charge in [-0.1, -0.05) is 36.7 Å². The van der Waals surface area contributed by atoms with Crippen LogP contribution in [0.25, 0.3) is 5.78 Å². The quantitative estimate of drug-likeness (QED) is 0.830. The molecule has 1 aliphatic rings. The molecule has 8 heteroatoms. The van der Waals surface area contributed by atoms with E-state index in [0.29, 0.717) is 17.0 Å². The fourth-order valence-corrected chi connectivity index (χ4v) is 4.29. The van der Waals surface area contributed by atoms with Crippen molar-refractivity contribution in [3.8, 4) is 0 Å². The van der Waals surface area contributed by atoms with E-state index in [-0.39, 0.29) is 18.0 Å². The normalized spacial score (nSPS) is 31.9. The Morgan fingerprint density at radius 1 is 1.41 bits per heavy atom. The monoisotopic (exact) mass is 369 g/mol. The molecule has 0 spiro atoms. The third-order valence-electron chi connectivity index (χ3n) is 4.87. The summed E-state index contributed by atoms with van der Waals surface area (Å²) >= 11 is 3.59. The second-order valence-corrected chi connectivity index (χ2v) is 6.45. The lowest BCUT2D eigenvalue weighted by molar-refractivity contribution is -0.0955. The number of nitrogens with two attached hydrogens (primary N) is 1. The van der Waals surface area contributed by atoms with E-state index >= 15 is 0 Å². The Morgan fingerprint density at radius 2 is 2.14 bits per heavy atom. The minimum atomic E-state index is -0.595. The summed E-state index contributed by atoms with van der Waals surface area (Å²) in [4.78, 5) is 19.9. The molecule has 2 aromatic rings. The van der Waals surface area contributed by atoms with Crippen LogP contribution in [-0.4, -0.2) is 30.4 Å². The van der Waals surface area contributed by atoms with Gasteiger partial charge in [-0.2, -0.15) is 9.97 Å². The number of aromatic nitrogens is 4. The number of fused-ring (bicyclic) bond motifs is 1. The van der Waals surface area contributed by atoms with E-state index < -0.39 is 11.4 Å². The van der Waals surface area contributed by atoms with Crippen molar-refractivity contribution in [1.29, 1.82) is 0 Å². The van der Waals surface area contributed by atoms with E-state index in [9.17, 15) is 4.79 Å². The highest BCUT2D eigenvalue weighted by Crippen LogP contribution is 2.46. The van der Waals surface area contributed by atoms with Crippen molar-refractivity contribution in [2.75, 3.05) is 11.1 Å². The molecule has 3 heterocycles. The topological polar surface area (TPSA) is 87.4 Å². The van der Waals surface area contributed by atoms with Crippen LogP contribution in [0, 0.1) is 11.8 Å². The molecule has 4 unspecified atom stereocenters. The van der Waals surface area contributed by atoms with Gasteiger partial charge in [-0.05, 0) is 12.3 Å². The fourth-order valence-electron chi connectivity index (χ4n) is 3.37. The maximum absolute atomic E-state index is 12.0. The molecule has 2 aromatic heterocycles. The summed E-state index contributed by atoms with van der Waals surface area (Å²) in [5.41, 5.74) is 4.62. The summed E-state index contributed by atoms with van der Waals surface area (Å²) in [5.74, 6) is 1.07. The number of hydrogen-bond acceptors (Lipinski definition) is 5. The zero-order valence-electron chi connectivity index (χ0n) is 12.9. The van der Waals surface area contributed by atoms with E-state index in [4.69, 9.17) is 10.5 Å². The molecule has 1 aliphatic heterocycles. The number of rotatable bonds is 3. The van der Waals surface area contributed by atoms with Crippen LogP contribution < -0.4 is 11.4 Å². The SMILES string of the molecule is CCC1OC(CBr)(n2ccn3c(=O)nc(N)nc23)C(C)C1C. The predicted molar refractivity (Wildman–Crippen MR) is 86.9 cm³/mol. The number of nitrogen functional groups attached to an aromatic ring is 1. The molecule has 2 N–H and O–H groups in total. The molecule has 0 saturated carbocycles. The summed E-state index contributed by atoms with van der Waals surface area (Å²) in [5, 5.41) is 0.602. The smallest absolute Gasteiger partial charge is 0.357 e. The van der Waals surface area contributed by atoms with Crippen LogP contribution in [0.1, 0.15) is 27.2 Å². The number of hydrogen-bond donors (Lipinski definition) is 1. The zero-order chi connectivity index (χ0) is 16.1. The fraction of sp³-hybridized carbons (Fsp3) is 0.643. The molecular formula is C14H20BrN5O2. The first kappa shape index (κ1) is 15.5. The van der Waals surface area contributed by atoms with Crippen LogP contribution in [0.3, 0.4) is 0 Å². The van der Waals surface area contributed by atoms with Crippen LogP contribution in [0.4, 0.5) is 5.95 Å². The van der Waals surface area contributed by atoms with Gasteiger partial charge in [-0.15, -0.1) is 0 Å². The predicted octanol–water partition coefficient (Wildman–Crippen LogP) is 1.60.